The second-order valence-electron chi connectivity index (χ2n) is 7.50. The van der Waals surface area contributed by atoms with Gasteiger partial charge in [0.1, 0.15) is 11.6 Å². The van der Waals surface area contributed by atoms with Crippen molar-refractivity contribution in [1.29, 1.82) is 0 Å². The molecule has 2 fully saturated rings. The van der Waals surface area contributed by atoms with Gasteiger partial charge >= 0.3 is 6.03 Å². The second kappa shape index (κ2) is 6.34. The van der Waals surface area contributed by atoms with E-state index < -0.39 is 11.6 Å². The molecule has 2 aliphatic heterocycles. The molecule has 1 aromatic heterocycles. The number of aromatic nitrogens is 1. The van der Waals surface area contributed by atoms with Gasteiger partial charge in [-0.25, -0.2) is 13.6 Å². The van der Waals surface area contributed by atoms with E-state index in [9.17, 15) is 13.6 Å². The number of benzene rings is 1. The van der Waals surface area contributed by atoms with Gasteiger partial charge in [-0.3, -0.25) is 4.98 Å². The van der Waals surface area contributed by atoms with Crippen molar-refractivity contribution < 1.29 is 13.6 Å². The van der Waals surface area contributed by atoms with Crippen molar-refractivity contribution in [2.45, 2.75) is 45.2 Å². The summed E-state index contributed by atoms with van der Waals surface area (Å²) >= 11 is 0. The first-order valence-electron chi connectivity index (χ1n) is 8.92. The topological polar surface area (TPSA) is 45.2 Å². The van der Waals surface area contributed by atoms with E-state index >= 15 is 0 Å². The van der Waals surface area contributed by atoms with Crippen LogP contribution < -0.4 is 5.32 Å². The molecule has 4 nitrogen and oxygen atoms in total. The first-order valence-corrected chi connectivity index (χ1v) is 8.92. The van der Waals surface area contributed by atoms with Crippen molar-refractivity contribution in [3.63, 3.8) is 0 Å². The maximum atomic E-state index is 14.4. The van der Waals surface area contributed by atoms with Crippen LogP contribution in [0.4, 0.5) is 19.3 Å². The number of halogens is 2. The van der Waals surface area contributed by atoms with Gasteiger partial charge in [0, 0.05) is 23.8 Å². The first kappa shape index (κ1) is 16.9. The molecular formula is C20H21F2N3O. The molecule has 2 bridgehead atoms. The van der Waals surface area contributed by atoms with Crippen LogP contribution in [-0.2, 0) is 0 Å². The number of pyridine rings is 1. The molecule has 0 radical (unpaired) electrons. The molecule has 6 heteroatoms. The average molecular weight is 357 g/mol. The number of hydrogen-bond donors (Lipinski definition) is 1. The van der Waals surface area contributed by atoms with E-state index in [2.05, 4.69) is 17.2 Å². The summed E-state index contributed by atoms with van der Waals surface area (Å²) in [5, 5.41) is 2.71. The number of piperidine rings is 1. The highest BCUT2D eigenvalue weighted by Crippen LogP contribution is 2.41. The van der Waals surface area contributed by atoms with Crippen LogP contribution >= 0.6 is 0 Å². The maximum Gasteiger partial charge on any atom is 0.322 e. The van der Waals surface area contributed by atoms with E-state index in [0.29, 0.717) is 22.6 Å². The standard InChI is InChI=1S/C20H21F2N3O/c1-11-3-15-7-16(4-11)25(15)20(26)24-19-8-17(12(2)5-18(19)22)13-6-14(21)10-23-9-13/h5-6,8-11,15-16H,3-4,7H2,1-2H3,(H,24,26)/t11?,15-,16+. The number of aryl methyl sites for hydroxylation is 1. The Kier molecular flexibility index (Phi) is 4.13. The van der Waals surface area contributed by atoms with Crippen molar-refractivity contribution in [2.24, 2.45) is 5.92 Å². The molecule has 1 N–H and O–H groups in total. The molecule has 4 rings (SSSR count). The van der Waals surface area contributed by atoms with Crippen LogP contribution in [0.5, 0.6) is 0 Å². The lowest BCUT2D eigenvalue weighted by Crippen LogP contribution is -2.63. The fourth-order valence-corrected chi connectivity index (χ4v) is 4.30. The van der Waals surface area contributed by atoms with E-state index in [1.165, 1.54) is 18.3 Å². The van der Waals surface area contributed by atoms with E-state index in [0.717, 1.165) is 25.5 Å². The minimum absolute atomic E-state index is 0.109. The molecule has 3 heterocycles. The molecule has 136 valence electrons. The quantitative estimate of drug-likeness (QED) is 0.844. The minimum Gasteiger partial charge on any atom is -0.318 e. The van der Waals surface area contributed by atoms with Crippen LogP contribution in [0.3, 0.4) is 0 Å². The van der Waals surface area contributed by atoms with Gasteiger partial charge < -0.3 is 10.2 Å². The number of nitrogens with zero attached hydrogens (tertiary/aromatic N) is 2. The summed E-state index contributed by atoms with van der Waals surface area (Å²) in [4.78, 5) is 18.3. The first-order chi connectivity index (χ1) is 12.4. The number of nitrogens with one attached hydrogen (secondary N) is 1. The van der Waals surface area contributed by atoms with E-state index in [1.54, 1.807) is 13.0 Å². The number of urea groups is 1. The summed E-state index contributed by atoms with van der Waals surface area (Å²) in [6.45, 7) is 3.95. The third-order valence-electron chi connectivity index (χ3n) is 5.49. The molecular weight excluding hydrogens is 336 g/mol. The van der Waals surface area contributed by atoms with Crippen molar-refractivity contribution in [3.8, 4) is 11.1 Å². The molecule has 26 heavy (non-hydrogen) atoms. The van der Waals surface area contributed by atoms with Crippen LogP contribution in [0, 0.1) is 24.5 Å². The predicted octanol–water partition coefficient (Wildman–Crippen LogP) is 4.74. The zero-order valence-electron chi connectivity index (χ0n) is 14.8. The van der Waals surface area contributed by atoms with Crippen molar-refractivity contribution in [2.75, 3.05) is 5.32 Å². The molecule has 1 unspecified atom stereocenters. The number of rotatable bonds is 2. The van der Waals surface area contributed by atoms with Gasteiger partial charge in [-0.1, -0.05) is 6.92 Å². The highest BCUT2D eigenvalue weighted by Gasteiger charge is 2.46. The molecule has 3 atom stereocenters. The smallest absolute Gasteiger partial charge is 0.318 e. The molecule has 0 spiro atoms. The van der Waals surface area contributed by atoms with Gasteiger partial charge in [0.15, 0.2) is 0 Å². The summed E-state index contributed by atoms with van der Waals surface area (Å²) in [6, 6.07) is 4.50. The zero-order chi connectivity index (χ0) is 18.4. The van der Waals surface area contributed by atoms with E-state index in [-0.39, 0.29) is 23.8 Å². The molecule has 2 saturated heterocycles. The van der Waals surface area contributed by atoms with Gasteiger partial charge in [0.05, 0.1) is 11.9 Å². The zero-order valence-corrected chi connectivity index (χ0v) is 14.8. The molecule has 0 aliphatic carbocycles. The Bertz CT molecular complexity index is 858. The maximum absolute atomic E-state index is 14.4. The Morgan fingerprint density at radius 1 is 1.15 bits per heavy atom. The number of anilines is 1. The molecule has 2 aromatic rings. The largest absolute Gasteiger partial charge is 0.322 e. The summed E-state index contributed by atoms with van der Waals surface area (Å²) in [5.41, 5.74) is 1.96. The van der Waals surface area contributed by atoms with Crippen LogP contribution in [0.1, 0.15) is 31.7 Å². The molecule has 2 aliphatic rings. The molecule has 1 aromatic carbocycles. The average Bonchev–Trinajstić information content (AvgIpc) is 2.56. The second-order valence-corrected chi connectivity index (χ2v) is 7.50. The highest BCUT2D eigenvalue weighted by molar-refractivity contribution is 5.91. The summed E-state index contributed by atoms with van der Waals surface area (Å²) < 4.78 is 27.9. The normalized spacial score (nSPS) is 24.2. The van der Waals surface area contributed by atoms with Gasteiger partial charge in [-0.05, 0) is 61.4 Å². The number of carbonyl (C=O) groups excluding carboxylic acids is 1. The third-order valence-corrected chi connectivity index (χ3v) is 5.49. The summed E-state index contributed by atoms with van der Waals surface area (Å²) in [6.07, 6.45) is 5.68. The van der Waals surface area contributed by atoms with Gasteiger partial charge in [0.2, 0.25) is 0 Å². The van der Waals surface area contributed by atoms with Gasteiger partial charge in [0.25, 0.3) is 0 Å². The SMILES string of the molecule is Cc1cc(F)c(NC(=O)N2[C@@H]3CC(C)C[C@H]2C3)cc1-c1cncc(F)c1. The number of amides is 2. The Morgan fingerprint density at radius 2 is 1.88 bits per heavy atom. The van der Waals surface area contributed by atoms with Crippen molar-refractivity contribution >= 4 is 11.7 Å². The molecule has 0 saturated carbocycles. The van der Waals surface area contributed by atoms with Crippen molar-refractivity contribution in [3.05, 3.63) is 47.8 Å². The monoisotopic (exact) mass is 357 g/mol. The number of hydrogen-bond acceptors (Lipinski definition) is 2. The lowest BCUT2D eigenvalue weighted by atomic mass is 9.74. The lowest BCUT2D eigenvalue weighted by Gasteiger charge is -2.54. The van der Waals surface area contributed by atoms with Crippen LogP contribution in [0.15, 0.2) is 30.6 Å². The lowest BCUT2D eigenvalue weighted by molar-refractivity contribution is -0.00603. The van der Waals surface area contributed by atoms with Crippen molar-refractivity contribution in [1.82, 2.24) is 9.88 Å². The van der Waals surface area contributed by atoms with E-state index in [1.807, 2.05) is 4.90 Å². The van der Waals surface area contributed by atoms with Crippen LogP contribution in [-0.4, -0.2) is 28.0 Å². The van der Waals surface area contributed by atoms with Crippen LogP contribution in [0.2, 0.25) is 0 Å². The Labute approximate surface area is 151 Å². The predicted molar refractivity (Wildman–Crippen MR) is 95.8 cm³/mol. The third kappa shape index (κ3) is 2.93. The summed E-state index contributed by atoms with van der Waals surface area (Å²) in [5.74, 6) is -0.326. The number of carbonyl (C=O) groups is 1. The number of fused-ring (bicyclic) bond motifs is 2. The summed E-state index contributed by atoms with van der Waals surface area (Å²) in [7, 11) is 0. The fraction of sp³-hybridized carbons (Fsp3) is 0.400. The molecule has 2 amide bonds. The fourth-order valence-electron chi connectivity index (χ4n) is 4.30. The van der Waals surface area contributed by atoms with Gasteiger partial charge in [-0.2, -0.15) is 0 Å². The highest BCUT2D eigenvalue weighted by atomic mass is 19.1. The Hall–Kier alpha value is -2.50. The van der Waals surface area contributed by atoms with Crippen LogP contribution in [0.25, 0.3) is 11.1 Å². The Morgan fingerprint density at radius 3 is 2.58 bits per heavy atom. The van der Waals surface area contributed by atoms with Gasteiger partial charge in [-0.15, -0.1) is 0 Å². The Balaban J connectivity index is 1.59. The van der Waals surface area contributed by atoms with E-state index in [4.69, 9.17) is 0 Å². The minimum atomic E-state index is -0.497.